The number of hydrogen-bond acceptors (Lipinski definition) is 3. The maximum absolute atomic E-state index is 12.7. The van der Waals surface area contributed by atoms with Crippen LogP contribution in [0.1, 0.15) is 41.1 Å². The summed E-state index contributed by atoms with van der Waals surface area (Å²) in [5, 5.41) is 0. The van der Waals surface area contributed by atoms with Gasteiger partial charge in [0.15, 0.2) is 0 Å². The molecule has 1 aromatic carbocycles. The molecule has 1 fully saturated rings. The largest absolute Gasteiger partial charge is 0.416 e. The summed E-state index contributed by atoms with van der Waals surface area (Å²) in [6.07, 6.45) is -0.922. The van der Waals surface area contributed by atoms with E-state index in [1.165, 1.54) is 0 Å². The molecule has 3 heterocycles. The van der Waals surface area contributed by atoms with Crippen molar-refractivity contribution in [2.75, 3.05) is 0 Å². The van der Waals surface area contributed by atoms with Crippen molar-refractivity contribution in [1.29, 1.82) is 0 Å². The molecule has 26 heavy (non-hydrogen) atoms. The summed E-state index contributed by atoms with van der Waals surface area (Å²) >= 11 is 0. The van der Waals surface area contributed by atoms with Gasteiger partial charge in [0.25, 0.3) is 5.56 Å². The molecule has 2 aliphatic rings. The molecule has 4 rings (SSSR count). The number of halogens is 3. The Balaban J connectivity index is 1.58. The lowest BCUT2D eigenvalue weighted by Crippen LogP contribution is -2.36. The molecule has 1 aromatic heterocycles. The van der Waals surface area contributed by atoms with Gasteiger partial charge < -0.3 is 4.98 Å². The predicted molar refractivity (Wildman–Crippen MR) is 90.8 cm³/mol. The molecule has 0 aliphatic carbocycles. The van der Waals surface area contributed by atoms with Crippen molar-refractivity contribution < 1.29 is 13.2 Å². The molecular formula is C19H20F3N3O. The first-order valence-electron chi connectivity index (χ1n) is 8.82. The standard InChI is InChI=1S/C19H20F3N3O/c1-11-23-17-9-15-7-6-14(8-16(17)18(26)24-11)25(15)10-12-2-4-13(5-3-12)19(20,21)22/h2-5,14-15H,6-10H2,1H3,(H,23,24,26)/t14-,15+/m1/s1. The second-order valence-corrected chi connectivity index (χ2v) is 7.24. The normalized spacial score (nSPS) is 22.9. The lowest BCUT2D eigenvalue weighted by Gasteiger charge is -2.28. The first-order chi connectivity index (χ1) is 12.3. The van der Waals surface area contributed by atoms with Gasteiger partial charge in [0.2, 0.25) is 0 Å². The van der Waals surface area contributed by atoms with Crippen molar-refractivity contribution in [3.8, 4) is 0 Å². The fourth-order valence-electron chi connectivity index (χ4n) is 4.23. The maximum Gasteiger partial charge on any atom is 0.416 e. The predicted octanol–water partition coefficient (Wildman–Crippen LogP) is 3.23. The second kappa shape index (κ2) is 6.23. The van der Waals surface area contributed by atoms with Gasteiger partial charge in [0.1, 0.15) is 5.82 Å². The number of nitrogens with zero attached hydrogens (tertiary/aromatic N) is 2. The topological polar surface area (TPSA) is 49.0 Å². The van der Waals surface area contributed by atoms with Crippen LogP contribution >= 0.6 is 0 Å². The molecule has 2 aliphatic heterocycles. The molecule has 1 N–H and O–H groups in total. The Morgan fingerprint density at radius 3 is 2.46 bits per heavy atom. The molecule has 7 heteroatoms. The molecule has 4 nitrogen and oxygen atoms in total. The van der Waals surface area contributed by atoms with Crippen molar-refractivity contribution in [2.24, 2.45) is 0 Å². The van der Waals surface area contributed by atoms with Gasteiger partial charge in [0, 0.05) is 30.6 Å². The smallest absolute Gasteiger partial charge is 0.311 e. The first kappa shape index (κ1) is 17.3. The van der Waals surface area contributed by atoms with Gasteiger partial charge in [-0.25, -0.2) is 4.98 Å². The lowest BCUT2D eigenvalue weighted by molar-refractivity contribution is -0.137. The summed E-state index contributed by atoms with van der Waals surface area (Å²) in [4.78, 5) is 21.9. The van der Waals surface area contributed by atoms with Crippen LogP contribution in [-0.4, -0.2) is 27.0 Å². The Morgan fingerprint density at radius 2 is 1.81 bits per heavy atom. The van der Waals surface area contributed by atoms with Gasteiger partial charge in [-0.1, -0.05) is 12.1 Å². The highest BCUT2D eigenvalue weighted by Gasteiger charge is 2.38. The minimum Gasteiger partial charge on any atom is -0.311 e. The second-order valence-electron chi connectivity index (χ2n) is 7.24. The zero-order chi connectivity index (χ0) is 18.5. The minimum absolute atomic E-state index is 0.0606. The molecule has 1 saturated heterocycles. The maximum atomic E-state index is 12.7. The highest BCUT2D eigenvalue weighted by molar-refractivity contribution is 5.27. The molecule has 0 spiro atoms. The van der Waals surface area contributed by atoms with E-state index in [4.69, 9.17) is 0 Å². The number of H-pyrrole nitrogens is 1. The van der Waals surface area contributed by atoms with Crippen LogP contribution in [0.2, 0.25) is 0 Å². The van der Waals surface area contributed by atoms with Gasteiger partial charge in [-0.2, -0.15) is 13.2 Å². The Kier molecular flexibility index (Phi) is 4.14. The first-order valence-corrected chi connectivity index (χ1v) is 8.82. The molecule has 2 atom stereocenters. The van der Waals surface area contributed by atoms with E-state index in [2.05, 4.69) is 14.9 Å². The molecule has 0 unspecified atom stereocenters. The number of benzene rings is 1. The fourth-order valence-corrected chi connectivity index (χ4v) is 4.23. The number of fused-ring (bicyclic) bond motifs is 3. The highest BCUT2D eigenvalue weighted by Crippen LogP contribution is 2.34. The van der Waals surface area contributed by atoms with E-state index in [-0.39, 0.29) is 17.6 Å². The molecule has 2 bridgehead atoms. The summed E-state index contributed by atoms with van der Waals surface area (Å²) in [6, 6.07) is 5.88. The van der Waals surface area contributed by atoms with Crippen LogP contribution in [0.5, 0.6) is 0 Å². The quantitative estimate of drug-likeness (QED) is 0.891. The summed E-state index contributed by atoms with van der Waals surface area (Å²) in [6.45, 7) is 2.38. The van der Waals surface area contributed by atoms with E-state index in [9.17, 15) is 18.0 Å². The summed E-state index contributed by atoms with van der Waals surface area (Å²) in [5.74, 6) is 0.626. The van der Waals surface area contributed by atoms with E-state index in [1.54, 1.807) is 19.1 Å². The van der Waals surface area contributed by atoms with Gasteiger partial charge in [-0.15, -0.1) is 0 Å². The Morgan fingerprint density at radius 1 is 1.15 bits per heavy atom. The van der Waals surface area contributed by atoms with Crippen LogP contribution in [0.15, 0.2) is 29.1 Å². The number of aromatic nitrogens is 2. The van der Waals surface area contributed by atoms with Crippen LogP contribution < -0.4 is 5.56 Å². The molecular weight excluding hydrogens is 343 g/mol. The Bertz CT molecular complexity index is 873. The third-order valence-electron chi connectivity index (χ3n) is 5.51. The van der Waals surface area contributed by atoms with Gasteiger partial charge in [-0.3, -0.25) is 9.69 Å². The van der Waals surface area contributed by atoms with Crippen LogP contribution in [0.4, 0.5) is 13.2 Å². The van der Waals surface area contributed by atoms with Crippen molar-refractivity contribution in [1.82, 2.24) is 14.9 Å². The monoisotopic (exact) mass is 363 g/mol. The fraction of sp³-hybridized carbons (Fsp3) is 0.474. The van der Waals surface area contributed by atoms with Crippen LogP contribution in [0.25, 0.3) is 0 Å². The zero-order valence-electron chi connectivity index (χ0n) is 14.4. The minimum atomic E-state index is -4.31. The third-order valence-corrected chi connectivity index (χ3v) is 5.51. The zero-order valence-corrected chi connectivity index (χ0v) is 14.4. The number of hydrogen-bond donors (Lipinski definition) is 1. The molecule has 138 valence electrons. The lowest BCUT2D eigenvalue weighted by atomic mass is 9.98. The van der Waals surface area contributed by atoms with Crippen molar-refractivity contribution in [2.45, 2.75) is 57.4 Å². The SMILES string of the molecule is Cc1nc2c(c(=O)[nH]1)C[C@H]1CC[C@@H](C2)N1Cc1ccc(C(F)(F)F)cc1. The number of aromatic amines is 1. The number of nitrogens with one attached hydrogen (secondary N) is 1. The van der Waals surface area contributed by atoms with Gasteiger partial charge in [0.05, 0.1) is 11.3 Å². The number of aryl methyl sites for hydroxylation is 1. The van der Waals surface area contributed by atoms with Crippen molar-refractivity contribution in [3.63, 3.8) is 0 Å². The van der Waals surface area contributed by atoms with Gasteiger partial charge in [-0.05, 0) is 43.9 Å². The summed E-state index contributed by atoms with van der Waals surface area (Å²) in [5.41, 5.74) is 1.81. The average Bonchev–Trinajstić information content (AvgIpc) is 2.83. The molecule has 2 aromatic rings. The van der Waals surface area contributed by atoms with Crippen LogP contribution in [0.3, 0.4) is 0 Å². The molecule has 0 radical (unpaired) electrons. The molecule has 0 amide bonds. The van der Waals surface area contributed by atoms with Crippen molar-refractivity contribution >= 4 is 0 Å². The van der Waals surface area contributed by atoms with E-state index < -0.39 is 11.7 Å². The van der Waals surface area contributed by atoms with E-state index in [0.29, 0.717) is 18.8 Å². The van der Waals surface area contributed by atoms with E-state index in [0.717, 1.165) is 48.2 Å². The van der Waals surface area contributed by atoms with E-state index >= 15 is 0 Å². The average molecular weight is 363 g/mol. The Hall–Kier alpha value is -2.15. The van der Waals surface area contributed by atoms with E-state index in [1.807, 2.05) is 0 Å². The van der Waals surface area contributed by atoms with Gasteiger partial charge >= 0.3 is 6.18 Å². The summed E-state index contributed by atoms with van der Waals surface area (Å²) in [7, 11) is 0. The van der Waals surface area contributed by atoms with Crippen LogP contribution in [-0.2, 0) is 25.6 Å². The van der Waals surface area contributed by atoms with Crippen LogP contribution in [0, 0.1) is 6.92 Å². The Labute approximate surface area is 149 Å². The molecule has 0 saturated carbocycles. The third kappa shape index (κ3) is 3.16. The number of rotatable bonds is 2. The van der Waals surface area contributed by atoms with Crippen molar-refractivity contribution in [3.05, 3.63) is 62.8 Å². The highest BCUT2D eigenvalue weighted by atomic mass is 19.4. The number of alkyl halides is 3. The summed E-state index contributed by atoms with van der Waals surface area (Å²) < 4.78 is 38.2.